The molecule has 16 heavy (non-hydrogen) atoms. The van der Waals surface area contributed by atoms with E-state index in [-0.39, 0.29) is 0 Å². The van der Waals surface area contributed by atoms with Gasteiger partial charge in [-0.3, -0.25) is 4.79 Å². The zero-order chi connectivity index (χ0) is 11.4. The highest BCUT2D eigenvalue weighted by atomic mass is 32.1. The largest absolute Gasteiger partial charge is 0.331 e. The second-order valence-electron chi connectivity index (χ2n) is 3.57. The van der Waals surface area contributed by atoms with Crippen LogP contribution in [0.3, 0.4) is 0 Å². The molecule has 0 radical (unpaired) electrons. The van der Waals surface area contributed by atoms with Gasteiger partial charge >= 0.3 is 0 Å². The minimum atomic E-state index is 0.462. The van der Waals surface area contributed by atoms with Crippen LogP contribution >= 0.6 is 11.3 Å². The number of carbonyl (C=O) groups is 1. The summed E-state index contributed by atoms with van der Waals surface area (Å²) in [6.45, 7) is 2.83. The second-order valence-corrected chi connectivity index (χ2v) is 4.51. The number of aryl methyl sites for hydroxylation is 1. The molecule has 2 aromatic heterocycles. The monoisotopic (exact) mass is 235 g/mol. The molecule has 2 rings (SSSR count). The number of aromatic nitrogens is 3. The molecule has 0 fully saturated rings. The van der Waals surface area contributed by atoms with Crippen LogP contribution in [0.25, 0.3) is 0 Å². The van der Waals surface area contributed by atoms with Crippen molar-refractivity contribution >= 4 is 17.6 Å². The van der Waals surface area contributed by atoms with Gasteiger partial charge in [0, 0.05) is 11.6 Å². The van der Waals surface area contributed by atoms with Gasteiger partial charge in [-0.2, -0.15) is 0 Å². The van der Waals surface area contributed by atoms with Gasteiger partial charge in [-0.1, -0.05) is 6.92 Å². The summed E-state index contributed by atoms with van der Waals surface area (Å²) in [4.78, 5) is 18.9. The van der Waals surface area contributed by atoms with E-state index in [1.54, 1.807) is 23.9 Å². The maximum Gasteiger partial charge on any atom is 0.169 e. The fourth-order valence-corrected chi connectivity index (χ4v) is 2.35. The molecule has 0 amide bonds. The predicted octanol–water partition coefficient (Wildman–Crippen LogP) is 2.15. The zero-order valence-corrected chi connectivity index (χ0v) is 9.91. The number of imidazole rings is 1. The first kappa shape index (κ1) is 11.0. The van der Waals surface area contributed by atoms with E-state index in [0.717, 1.165) is 24.8 Å². The molecule has 0 saturated heterocycles. The van der Waals surface area contributed by atoms with Gasteiger partial charge in [-0.25, -0.2) is 9.97 Å². The molecule has 0 spiro atoms. The summed E-state index contributed by atoms with van der Waals surface area (Å²) < 4.78 is 1.87. The van der Waals surface area contributed by atoms with Crippen molar-refractivity contribution in [3.8, 4) is 0 Å². The number of hydrogen-bond donors (Lipinski definition) is 0. The summed E-state index contributed by atoms with van der Waals surface area (Å²) in [6.07, 6.45) is 6.29. The highest BCUT2D eigenvalue weighted by Gasteiger charge is 2.03. The van der Waals surface area contributed by atoms with Crippen molar-refractivity contribution in [1.29, 1.82) is 0 Å². The Kier molecular flexibility index (Phi) is 3.46. The van der Waals surface area contributed by atoms with Crippen LogP contribution in [-0.2, 0) is 13.0 Å². The van der Waals surface area contributed by atoms with E-state index in [1.807, 2.05) is 4.57 Å². The normalized spacial score (nSPS) is 10.6. The Morgan fingerprint density at radius 2 is 2.44 bits per heavy atom. The number of aldehydes is 1. The minimum absolute atomic E-state index is 0.462. The Hall–Kier alpha value is -1.49. The van der Waals surface area contributed by atoms with Gasteiger partial charge < -0.3 is 4.57 Å². The van der Waals surface area contributed by atoms with Crippen LogP contribution < -0.4 is 0 Å². The van der Waals surface area contributed by atoms with Crippen molar-refractivity contribution in [2.75, 3.05) is 0 Å². The van der Waals surface area contributed by atoms with Crippen molar-refractivity contribution in [3.05, 3.63) is 34.3 Å². The third-order valence-electron chi connectivity index (χ3n) is 2.18. The van der Waals surface area contributed by atoms with Gasteiger partial charge in [0.05, 0.1) is 23.6 Å². The summed E-state index contributed by atoms with van der Waals surface area (Å²) in [5.74, 6) is 0. The van der Waals surface area contributed by atoms with Crippen LogP contribution in [0.15, 0.2) is 17.9 Å². The summed E-state index contributed by atoms with van der Waals surface area (Å²) in [6, 6.07) is 0. The standard InChI is InChI=1S/C11H13N3OS/c1-2-3-11-13-10(7-16-11)5-14-4-9(6-15)12-8-14/h4,6-8H,2-3,5H2,1H3. The van der Waals surface area contributed by atoms with E-state index < -0.39 is 0 Å². The topological polar surface area (TPSA) is 47.8 Å². The molecular weight excluding hydrogens is 222 g/mol. The maximum atomic E-state index is 10.5. The summed E-state index contributed by atoms with van der Waals surface area (Å²) >= 11 is 1.69. The first-order valence-corrected chi connectivity index (χ1v) is 6.10. The molecule has 0 aliphatic rings. The Morgan fingerprint density at radius 1 is 1.56 bits per heavy atom. The molecule has 2 aromatic rings. The van der Waals surface area contributed by atoms with Crippen LogP contribution in [0.4, 0.5) is 0 Å². The van der Waals surface area contributed by atoms with Crippen molar-refractivity contribution in [2.45, 2.75) is 26.3 Å². The molecule has 0 bridgehead atoms. The van der Waals surface area contributed by atoms with Gasteiger partial charge in [0.25, 0.3) is 0 Å². The average molecular weight is 235 g/mol. The van der Waals surface area contributed by atoms with Crippen molar-refractivity contribution in [3.63, 3.8) is 0 Å². The fraction of sp³-hybridized carbons (Fsp3) is 0.364. The zero-order valence-electron chi connectivity index (χ0n) is 9.09. The molecular formula is C11H13N3OS. The first-order valence-electron chi connectivity index (χ1n) is 5.22. The minimum Gasteiger partial charge on any atom is -0.331 e. The molecule has 0 N–H and O–H groups in total. The lowest BCUT2D eigenvalue weighted by molar-refractivity contribution is 0.111. The summed E-state index contributed by atoms with van der Waals surface area (Å²) in [7, 11) is 0. The smallest absolute Gasteiger partial charge is 0.169 e. The van der Waals surface area contributed by atoms with Gasteiger partial charge in [-0.05, 0) is 12.8 Å². The van der Waals surface area contributed by atoms with Crippen LogP contribution in [0.5, 0.6) is 0 Å². The molecule has 4 nitrogen and oxygen atoms in total. The molecule has 5 heteroatoms. The SMILES string of the molecule is CCCc1nc(Cn2cnc(C=O)c2)cs1. The molecule has 0 aliphatic carbocycles. The summed E-state index contributed by atoms with van der Waals surface area (Å²) in [5.41, 5.74) is 1.49. The van der Waals surface area contributed by atoms with Crippen LogP contribution in [-0.4, -0.2) is 20.8 Å². The van der Waals surface area contributed by atoms with Crippen molar-refractivity contribution in [1.82, 2.24) is 14.5 Å². The highest BCUT2D eigenvalue weighted by Crippen LogP contribution is 2.12. The third-order valence-corrected chi connectivity index (χ3v) is 3.14. The molecule has 0 atom stereocenters. The van der Waals surface area contributed by atoms with Crippen LogP contribution in [0, 0.1) is 0 Å². The number of carbonyl (C=O) groups excluding carboxylic acids is 1. The Balaban J connectivity index is 2.05. The van der Waals surface area contributed by atoms with E-state index in [2.05, 4.69) is 22.3 Å². The van der Waals surface area contributed by atoms with Gasteiger partial charge in [0.2, 0.25) is 0 Å². The average Bonchev–Trinajstić information content (AvgIpc) is 2.89. The van der Waals surface area contributed by atoms with E-state index >= 15 is 0 Å². The van der Waals surface area contributed by atoms with Gasteiger partial charge in [0.1, 0.15) is 5.69 Å². The van der Waals surface area contributed by atoms with Gasteiger partial charge in [-0.15, -0.1) is 11.3 Å². The molecule has 0 saturated carbocycles. The van der Waals surface area contributed by atoms with Crippen LogP contribution in [0.1, 0.15) is 34.5 Å². The van der Waals surface area contributed by atoms with E-state index in [9.17, 15) is 4.79 Å². The van der Waals surface area contributed by atoms with Crippen LogP contribution in [0.2, 0.25) is 0 Å². The van der Waals surface area contributed by atoms with Gasteiger partial charge in [0.15, 0.2) is 6.29 Å². The number of nitrogens with zero attached hydrogens (tertiary/aromatic N) is 3. The maximum absolute atomic E-state index is 10.5. The highest BCUT2D eigenvalue weighted by molar-refractivity contribution is 7.09. The summed E-state index contributed by atoms with van der Waals surface area (Å²) in [5, 5.41) is 3.24. The number of thiazole rings is 1. The first-order chi connectivity index (χ1) is 7.81. The Morgan fingerprint density at radius 3 is 3.12 bits per heavy atom. The second kappa shape index (κ2) is 5.03. The van der Waals surface area contributed by atoms with Crippen molar-refractivity contribution < 1.29 is 4.79 Å². The molecule has 84 valence electrons. The third kappa shape index (κ3) is 2.55. The fourth-order valence-electron chi connectivity index (χ4n) is 1.46. The van der Waals surface area contributed by atoms with E-state index in [4.69, 9.17) is 0 Å². The lowest BCUT2D eigenvalue weighted by Crippen LogP contribution is -1.97. The quantitative estimate of drug-likeness (QED) is 0.746. The predicted molar refractivity (Wildman–Crippen MR) is 62.8 cm³/mol. The Bertz CT molecular complexity index is 475. The lowest BCUT2D eigenvalue weighted by Gasteiger charge is -1.96. The lowest BCUT2D eigenvalue weighted by atomic mass is 10.3. The van der Waals surface area contributed by atoms with Crippen molar-refractivity contribution in [2.24, 2.45) is 0 Å². The Labute approximate surface area is 98.0 Å². The molecule has 2 heterocycles. The molecule has 0 aromatic carbocycles. The number of rotatable bonds is 5. The molecule has 0 unspecified atom stereocenters. The molecule has 0 aliphatic heterocycles. The van der Waals surface area contributed by atoms with E-state index in [1.165, 1.54) is 5.01 Å². The van der Waals surface area contributed by atoms with E-state index in [0.29, 0.717) is 12.2 Å². The number of hydrogen-bond acceptors (Lipinski definition) is 4.